The van der Waals surface area contributed by atoms with Gasteiger partial charge in [0, 0.05) is 78.7 Å². The van der Waals surface area contributed by atoms with Crippen LogP contribution < -0.4 is 10.6 Å². The van der Waals surface area contributed by atoms with Crippen molar-refractivity contribution < 1.29 is 19.2 Å². The molecule has 4 amide bonds. The summed E-state index contributed by atoms with van der Waals surface area (Å²) in [5.74, 6) is -1.62. The van der Waals surface area contributed by atoms with E-state index < -0.39 is 12.0 Å². The number of pyridine rings is 1. The van der Waals surface area contributed by atoms with Gasteiger partial charge in [-0.15, -0.1) is 0 Å². The number of fused-ring (bicyclic) bond motifs is 3. The molecule has 3 aromatic carbocycles. The number of likely N-dealkylation sites (tertiary alicyclic amines) is 2. The highest BCUT2D eigenvalue weighted by Crippen LogP contribution is 2.37. The molecule has 2 fully saturated rings. The number of halogens is 1. The zero-order valence-electron chi connectivity index (χ0n) is 28.5. The maximum absolute atomic E-state index is 14.2. The third kappa shape index (κ3) is 7.46. The Kier molecular flexibility index (Phi) is 10.0. The van der Waals surface area contributed by atoms with Crippen molar-refractivity contribution in [3.63, 3.8) is 0 Å². The van der Waals surface area contributed by atoms with E-state index in [1.54, 1.807) is 30.4 Å². The third-order valence-corrected chi connectivity index (χ3v) is 10.7. The number of piperidine rings is 1. The van der Waals surface area contributed by atoms with Crippen LogP contribution in [0.25, 0.3) is 21.7 Å². The van der Waals surface area contributed by atoms with Gasteiger partial charge < -0.3 is 25.4 Å². The average Bonchev–Trinajstić information content (AvgIpc) is 3.77. The number of carbonyl (C=O) groups excluding carboxylic acids is 4. The smallest absolute Gasteiger partial charge is 0.253 e. The number of hydrogen-bond acceptors (Lipinski definition) is 5. The summed E-state index contributed by atoms with van der Waals surface area (Å²) in [5, 5.41) is 9.15. The van der Waals surface area contributed by atoms with Crippen LogP contribution in [-0.2, 0) is 27.2 Å². The molecule has 10 nitrogen and oxygen atoms in total. The molecular weight excluding hydrogens is 664 g/mol. The van der Waals surface area contributed by atoms with E-state index in [0.29, 0.717) is 43.1 Å². The van der Waals surface area contributed by atoms with E-state index in [4.69, 9.17) is 11.6 Å². The lowest BCUT2D eigenvalue weighted by molar-refractivity contribution is -0.140. The predicted molar refractivity (Wildman–Crippen MR) is 197 cm³/mol. The summed E-state index contributed by atoms with van der Waals surface area (Å²) in [6.45, 7) is 1.45. The summed E-state index contributed by atoms with van der Waals surface area (Å²) in [5.41, 5.74) is 3.44. The Hall–Kier alpha value is -5.22. The van der Waals surface area contributed by atoms with Crippen molar-refractivity contribution in [1.29, 1.82) is 0 Å². The van der Waals surface area contributed by atoms with Gasteiger partial charge in [0.25, 0.3) is 5.91 Å². The molecule has 0 saturated carbocycles. The van der Waals surface area contributed by atoms with Crippen LogP contribution in [0.4, 0.5) is 0 Å². The summed E-state index contributed by atoms with van der Waals surface area (Å²) in [6.07, 6.45) is 7.41. The molecule has 0 spiro atoms. The number of H-pyrrole nitrogens is 1. The standard InChI is InChI=1S/C40H41ClN6O4/c1-42-39(50)35(9-5-8-25-6-3-2-4-7-25)45-38(49)34-24-46(37(48)17-29-20-44-36-18-31(41)12-13-32(29)36)21-30-22-47(23-33(30)34)40(51)27-10-11-28-19-43-15-14-26(28)16-27/h2-4,6-7,10-16,18-20,30,33-35,44H,5,8-9,17,21-24H2,1H3,(H,42,50)(H,45,49)/t30?,33?,34?,35-/m0/s1. The number of nitrogens with one attached hydrogen (secondary N) is 3. The van der Waals surface area contributed by atoms with Crippen molar-refractivity contribution in [3.8, 4) is 0 Å². The van der Waals surface area contributed by atoms with Gasteiger partial charge in [0.2, 0.25) is 17.7 Å². The van der Waals surface area contributed by atoms with E-state index in [1.807, 2.05) is 65.7 Å². The molecule has 3 N–H and O–H groups in total. The van der Waals surface area contributed by atoms with Gasteiger partial charge >= 0.3 is 0 Å². The molecule has 2 aromatic heterocycles. The summed E-state index contributed by atoms with van der Waals surface area (Å²) in [7, 11) is 1.57. The van der Waals surface area contributed by atoms with Crippen molar-refractivity contribution in [3.05, 3.63) is 113 Å². The summed E-state index contributed by atoms with van der Waals surface area (Å²) >= 11 is 6.18. The number of amides is 4. The van der Waals surface area contributed by atoms with Crippen molar-refractivity contribution >= 4 is 56.9 Å². The van der Waals surface area contributed by atoms with E-state index in [2.05, 4.69) is 32.7 Å². The number of rotatable bonds is 10. The fraction of sp³-hybridized carbons (Fsp3) is 0.325. The monoisotopic (exact) mass is 704 g/mol. The lowest BCUT2D eigenvalue weighted by Gasteiger charge is -2.40. The first kappa shape index (κ1) is 34.2. The first-order valence-corrected chi connectivity index (χ1v) is 17.9. The highest BCUT2D eigenvalue weighted by Gasteiger charge is 2.48. The largest absolute Gasteiger partial charge is 0.361 e. The Morgan fingerprint density at radius 3 is 2.59 bits per heavy atom. The molecule has 2 aliphatic heterocycles. The number of carbonyl (C=O) groups is 4. The number of nitrogens with zero attached hydrogens (tertiary/aromatic N) is 3. The van der Waals surface area contributed by atoms with Crippen LogP contribution in [0.1, 0.15) is 34.3 Å². The van der Waals surface area contributed by atoms with Crippen LogP contribution >= 0.6 is 11.6 Å². The van der Waals surface area contributed by atoms with Gasteiger partial charge in [-0.2, -0.15) is 0 Å². The maximum Gasteiger partial charge on any atom is 0.253 e. The topological polar surface area (TPSA) is 128 Å². The van der Waals surface area contributed by atoms with E-state index in [-0.39, 0.29) is 48.4 Å². The third-order valence-electron chi connectivity index (χ3n) is 10.5. The molecule has 0 radical (unpaired) electrons. The first-order chi connectivity index (χ1) is 24.8. The van der Waals surface area contributed by atoms with Gasteiger partial charge in [0.15, 0.2) is 0 Å². The summed E-state index contributed by atoms with van der Waals surface area (Å²) in [6, 6.07) is 22.3. The minimum absolute atomic E-state index is 0.0965. The minimum Gasteiger partial charge on any atom is -0.361 e. The highest BCUT2D eigenvalue weighted by molar-refractivity contribution is 6.31. The molecule has 5 aromatic rings. The second-order valence-corrected chi connectivity index (χ2v) is 14.1. The number of benzene rings is 3. The van der Waals surface area contributed by atoms with Crippen LogP contribution in [0.2, 0.25) is 5.02 Å². The Balaban J connectivity index is 1.11. The number of aromatic nitrogens is 2. The molecule has 0 bridgehead atoms. The number of aryl methyl sites for hydroxylation is 1. The molecule has 3 unspecified atom stereocenters. The average molecular weight is 705 g/mol. The second-order valence-electron chi connectivity index (χ2n) is 13.7. The molecule has 11 heteroatoms. The molecule has 7 rings (SSSR count). The lowest BCUT2D eigenvalue weighted by atomic mass is 9.79. The fourth-order valence-electron chi connectivity index (χ4n) is 7.78. The van der Waals surface area contributed by atoms with Crippen molar-refractivity contribution in [2.75, 3.05) is 33.2 Å². The molecule has 4 heterocycles. The Labute approximate surface area is 301 Å². The lowest BCUT2D eigenvalue weighted by Crippen LogP contribution is -2.56. The molecule has 0 aliphatic carbocycles. The van der Waals surface area contributed by atoms with E-state index in [0.717, 1.165) is 33.7 Å². The van der Waals surface area contributed by atoms with Crippen LogP contribution in [-0.4, -0.2) is 82.7 Å². The molecule has 4 atom stereocenters. The number of likely N-dealkylation sites (N-methyl/N-ethyl adjacent to an activating group) is 1. The number of aromatic amines is 1. The van der Waals surface area contributed by atoms with E-state index in [9.17, 15) is 19.2 Å². The van der Waals surface area contributed by atoms with Gasteiger partial charge in [-0.3, -0.25) is 24.2 Å². The minimum atomic E-state index is -0.722. The molecular formula is C40H41ClN6O4. The maximum atomic E-state index is 14.2. The fourth-order valence-corrected chi connectivity index (χ4v) is 7.95. The van der Waals surface area contributed by atoms with Crippen molar-refractivity contribution in [2.24, 2.45) is 17.8 Å². The highest BCUT2D eigenvalue weighted by atomic mass is 35.5. The molecule has 2 aliphatic rings. The second kappa shape index (κ2) is 14.9. The van der Waals surface area contributed by atoms with Crippen LogP contribution in [0.5, 0.6) is 0 Å². The molecule has 51 heavy (non-hydrogen) atoms. The zero-order valence-corrected chi connectivity index (χ0v) is 29.2. The Morgan fingerprint density at radius 1 is 0.941 bits per heavy atom. The van der Waals surface area contributed by atoms with Gasteiger partial charge in [-0.1, -0.05) is 54.1 Å². The van der Waals surface area contributed by atoms with E-state index in [1.165, 1.54) is 5.56 Å². The quantitative estimate of drug-likeness (QED) is 0.188. The summed E-state index contributed by atoms with van der Waals surface area (Å²) < 4.78 is 0. The van der Waals surface area contributed by atoms with Crippen LogP contribution in [0, 0.1) is 17.8 Å². The van der Waals surface area contributed by atoms with Crippen LogP contribution in [0.15, 0.2) is 91.4 Å². The van der Waals surface area contributed by atoms with Gasteiger partial charge in [-0.25, -0.2) is 0 Å². The zero-order chi connectivity index (χ0) is 35.5. The SMILES string of the molecule is CNC(=O)[C@H](CCCc1ccccc1)NC(=O)C1CN(C(=O)Cc2c[nH]c3cc(Cl)ccc23)CC2CN(C(=O)c3ccc4cnccc4c3)CC21. The Morgan fingerprint density at radius 2 is 1.76 bits per heavy atom. The molecule has 262 valence electrons. The predicted octanol–water partition coefficient (Wildman–Crippen LogP) is 5.01. The van der Waals surface area contributed by atoms with Gasteiger partial charge in [0.1, 0.15) is 6.04 Å². The normalized spacial score (nSPS) is 19.1. The summed E-state index contributed by atoms with van der Waals surface area (Å²) in [4.78, 5) is 66.0. The Bertz CT molecular complexity index is 2080. The molecule has 2 saturated heterocycles. The van der Waals surface area contributed by atoms with Gasteiger partial charge in [-0.05, 0) is 77.9 Å². The van der Waals surface area contributed by atoms with Gasteiger partial charge in [0.05, 0.1) is 12.3 Å². The number of hydrogen-bond donors (Lipinski definition) is 3. The van der Waals surface area contributed by atoms with Crippen molar-refractivity contribution in [1.82, 2.24) is 30.4 Å². The van der Waals surface area contributed by atoms with Crippen LogP contribution in [0.3, 0.4) is 0 Å². The van der Waals surface area contributed by atoms with E-state index >= 15 is 0 Å². The van der Waals surface area contributed by atoms with Crippen molar-refractivity contribution in [2.45, 2.75) is 31.7 Å². The first-order valence-electron chi connectivity index (χ1n) is 17.5.